The van der Waals surface area contributed by atoms with Crippen LogP contribution in [0.15, 0.2) is 36.4 Å². The van der Waals surface area contributed by atoms with Crippen LogP contribution >= 0.6 is 0 Å². The Morgan fingerprint density at radius 2 is 1.15 bits per heavy atom. The molecule has 0 radical (unpaired) electrons. The zero-order valence-corrected chi connectivity index (χ0v) is 24.9. The minimum Gasteiger partial charge on any atom is -0.478 e. The van der Waals surface area contributed by atoms with E-state index in [9.17, 15) is 19.2 Å². The summed E-state index contributed by atoms with van der Waals surface area (Å²) in [6, 6.07) is 10.2. The molecule has 12 heteroatoms. The summed E-state index contributed by atoms with van der Waals surface area (Å²) in [5.41, 5.74) is 12.7. The lowest BCUT2D eigenvalue weighted by Gasteiger charge is -2.20. The maximum atomic E-state index is 12.0. The smallest absolute Gasteiger partial charge is 0.426 e. The number of nitrogens with one attached hydrogen (secondary N) is 5. The van der Waals surface area contributed by atoms with Crippen molar-refractivity contribution in [2.75, 3.05) is 10.9 Å². The van der Waals surface area contributed by atoms with Gasteiger partial charge >= 0.3 is 18.2 Å². The maximum Gasteiger partial charge on any atom is 0.426 e. The van der Waals surface area contributed by atoms with E-state index in [1.807, 2.05) is 13.0 Å². The number of hydrogen-bond donors (Lipinski definition) is 6. The number of carbonyl (C=O) groups excluding carboxylic acids is 3. The molecule has 3 rings (SSSR count). The van der Waals surface area contributed by atoms with Gasteiger partial charge in [0.05, 0.1) is 16.9 Å². The topological polar surface area (TPSA) is 167 Å². The van der Waals surface area contributed by atoms with Gasteiger partial charge in [0, 0.05) is 11.6 Å². The Labute approximate surface area is 240 Å². The number of carboxylic acids is 1. The Hall–Kier alpha value is -4.48. The van der Waals surface area contributed by atoms with Crippen LogP contribution in [0, 0.1) is 13.8 Å². The SMILES string of the molecule is Cc1ccc(C(=O)NC2CC2)cc1NNC(=O)OC(C)(C)C.Cc1ccc(C(=O)O)cc1NNC(=O)OC(C)(C)C. The van der Waals surface area contributed by atoms with E-state index < -0.39 is 29.4 Å². The zero-order valence-electron chi connectivity index (χ0n) is 24.9. The molecule has 224 valence electrons. The third-order valence-corrected chi connectivity index (χ3v) is 5.29. The van der Waals surface area contributed by atoms with Crippen LogP contribution in [0.2, 0.25) is 0 Å². The van der Waals surface area contributed by atoms with Crippen LogP contribution in [0.3, 0.4) is 0 Å². The minimum atomic E-state index is -1.03. The summed E-state index contributed by atoms with van der Waals surface area (Å²) in [4.78, 5) is 46.0. The fourth-order valence-corrected chi connectivity index (χ4v) is 3.13. The highest BCUT2D eigenvalue weighted by Gasteiger charge is 2.24. The summed E-state index contributed by atoms with van der Waals surface area (Å²) in [5, 5.41) is 11.8. The van der Waals surface area contributed by atoms with Crippen LogP contribution in [0.25, 0.3) is 0 Å². The van der Waals surface area contributed by atoms with Gasteiger partial charge in [-0.1, -0.05) is 12.1 Å². The van der Waals surface area contributed by atoms with Crippen molar-refractivity contribution in [1.82, 2.24) is 16.2 Å². The molecule has 1 aliphatic rings. The summed E-state index contributed by atoms with van der Waals surface area (Å²) < 4.78 is 10.2. The fraction of sp³-hybridized carbons (Fsp3) is 0.448. The van der Waals surface area contributed by atoms with Crippen molar-refractivity contribution in [3.63, 3.8) is 0 Å². The van der Waals surface area contributed by atoms with Gasteiger partial charge in [0.25, 0.3) is 5.91 Å². The molecule has 12 nitrogen and oxygen atoms in total. The molecule has 0 bridgehead atoms. The zero-order chi connectivity index (χ0) is 31.0. The average molecular weight is 572 g/mol. The van der Waals surface area contributed by atoms with E-state index in [4.69, 9.17) is 14.6 Å². The number of anilines is 2. The third-order valence-electron chi connectivity index (χ3n) is 5.29. The molecule has 1 saturated carbocycles. The summed E-state index contributed by atoms with van der Waals surface area (Å²) in [6.07, 6.45) is 0.888. The monoisotopic (exact) mass is 571 g/mol. The molecule has 2 aromatic rings. The van der Waals surface area contributed by atoms with E-state index in [-0.39, 0.29) is 11.5 Å². The molecule has 0 spiro atoms. The standard InChI is InChI=1S/C16H23N3O3.C13H18N2O4/c1-10-5-6-11(14(20)17-12-7-8-12)9-13(10)18-19-15(21)22-16(2,3)4;1-8-5-6-9(11(16)17)7-10(8)14-15-12(18)19-13(2,3)4/h5-6,9,12,18H,7-8H2,1-4H3,(H,17,20)(H,19,21);5-7,14H,1-4H3,(H,15,18)(H,16,17). The van der Waals surface area contributed by atoms with Crippen molar-refractivity contribution >= 4 is 35.4 Å². The first kappa shape index (κ1) is 32.7. The van der Waals surface area contributed by atoms with Crippen molar-refractivity contribution in [3.8, 4) is 0 Å². The van der Waals surface area contributed by atoms with E-state index in [0.717, 1.165) is 24.0 Å². The van der Waals surface area contributed by atoms with Gasteiger partial charge in [-0.25, -0.2) is 25.2 Å². The first-order valence-electron chi connectivity index (χ1n) is 13.2. The molecule has 6 N–H and O–H groups in total. The van der Waals surface area contributed by atoms with Gasteiger partial charge in [-0.15, -0.1) is 0 Å². The Kier molecular flexibility index (Phi) is 11.0. The van der Waals surface area contributed by atoms with Crippen molar-refractivity contribution < 1.29 is 33.8 Å². The van der Waals surface area contributed by atoms with Crippen molar-refractivity contribution in [3.05, 3.63) is 58.7 Å². The summed E-state index contributed by atoms with van der Waals surface area (Å²) in [6.45, 7) is 14.3. The number of ether oxygens (including phenoxy) is 2. The Balaban J connectivity index is 0.000000290. The third kappa shape index (κ3) is 12.5. The van der Waals surface area contributed by atoms with Gasteiger partial charge in [-0.3, -0.25) is 15.6 Å². The number of hydrazine groups is 2. The number of aryl methyl sites for hydroxylation is 2. The quantitative estimate of drug-likeness (QED) is 0.242. The van der Waals surface area contributed by atoms with Gasteiger partial charge in [0.15, 0.2) is 0 Å². The molecule has 0 aliphatic heterocycles. The molecular weight excluding hydrogens is 530 g/mol. The molecule has 3 amide bonds. The van der Waals surface area contributed by atoms with Crippen LogP contribution in [-0.4, -0.2) is 46.4 Å². The van der Waals surface area contributed by atoms with Crippen LogP contribution in [-0.2, 0) is 9.47 Å². The molecule has 0 atom stereocenters. The minimum absolute atomic E-state index is 0.0946. The number of hydrogen-bond acceptors (Lipinski definition) is 8. The number of carboxylic acid groups (broad SMARTS) is 1. The molecule has 41 heavy (non-hydrogen) atoms. The van der Waals surface area contributed by atoms with E-state index in [1.165, 1.54) is 12.1 Å². The lowest BCUT2D eigenvalue weighted by Crippen LogP contribution is -2.36. The largest absolute Gasteiger partial charge is 0.478 e. The van der Waals surface area contributed by atoms with E-state index >= 15 is 0 Å². The highest BCUT2D eigenvalue weighted by atomic mass is 16.6. The Morgan fingerprint density at radius 3 is 1.54 bits per heavy atom. The van der Waals surface area contributed by atoms with E-state index in [0.29, 0.717) is 23.0 Å². The number of benzene rings is 2. The molecule has 0 saturated heterocycles. The lowest BCUT2D eigenvalue weighted by molar-refractivity contribution is 0.0529. The first-order chi connectivity index (χ1) is 18.9. The fourth-order valence-electron chi connectivity index (χ4n) is 3.13. The Bertz CT molecular complexity index is 1260. The van der Waals surface area contributed by atoms with Crippen LogP contribution in [0.1, 0.15) is 86.2 Å². The van der Waals surface area contributed by atoms with Crippen molar-refractivity contribution in [1.29, 1.82) is 0 Å². The molecule has 0 heterocycles. The van der Waals surface area contributed by atoms with Crippen molar-refractivity contribution in [2.24, 2.45) is 0 Å². The first-order valence-corrected chi connectivity index (χ1v) is 13.2. The highest BCUT2D eigenvalue weighted by Crippen LogP contribution is 2.21. The number of amides is 3. The van der Waals surface area contributed by atoms with Crippen molar-refractivity contribution in [2.45, 2.75) is 85.5 Å². The molecule has 1 fully saturated rings. The van der Waals surface area contributed by atoms with Crippen LogP contribution < -0.4 is 27.0 Å². The summed E-state index contributed by atoms with van der Waals surface area (Å²) >= 11 is 0. The lowest BCUT2D eigenvalue weighted by atomic mass is 10.1. The summed E-state index contributed by atoms with van der Waals surface area (Å²) in [7, 11) is 0. The van der Waals surface area contributed by atoms with Gasteiger partial charge in [0.2, 0.25) is 0 Å². The molecule has 0 unspecified atom stereocenters. The normalized spacial score (nSPS) is 12.6. The average Bonchev–Trinajstić information content (AvgIpc) is 3.65. The van der Waals surface area contributed by atoms with E-state index in [1.54, 1.807) is 66.7 Å². The Morgan fingerprint density at radius 1 is 0.732 bits per heavy atom. The van der Waals surface area contributed by atoms with Gasteiger partial charge in [-0.05, 0) is 104 Å². The number of rotatable bonds is 7. The second kappa shape index (κ2) is 13.7. The molecule has 0 aromatic heterocycles. The van der Waals surface area contributed by atoms with Gasteiger partial charge in [-0.2, -0.15) is 0 Å². The second-order valence-corrected chi connectivity index (χ2v) is 11.6. The number of carbonyl (C=O) groups is 4. The van der Waals surface area contributed by atoms with Gasteiger partial charge in [0.1, 0.15) is 11.2 Å². The van der Waals surface area contributed by atoms with E-state index in [2.05, 4.69) is 27.0 Å². The second-order valence-electron chi connectivity index (χ2n) is 11.6. The predicted octanol–water partition coefficient (Wildman–Crippen LogP) is 5.28. The molecule has 2 aromatic carbocycles. The van der Waals surface area contributed by atoms with Crippen LogP contribution in [0.4, 0.5) is 21.0 Å². The van der Waals surface area contributed by atoms with Crippen LogP contribution in [0.5, 0.6) is 0 Å². The predicted molar refractivity (Wildman–Crippen MR) is 156 cm³/mol. The maximum absolute atomic E-state index is 12.0. The number of aromatic carboxylic acids is 1. The molecular formula is C29H41N5O7. The summed E-state index contributed by atoms with van der Waals surface area (Å²) in [5.74, 6) is -1.12. The molecule has 1 aliphatic carbocycles. The highest BCUT2D eigenvalue weighted by molar-refractivity contribution is 5.95. The van der Waals surface area contributed by atoms with Gasteiger partial charge < -0.3 is 19.9 Å².